The highest BCUT2D eigenvalue weighted by Gasteiger charge is 2.53. The molecule has 1 fully saturated rings. The Morgan fingerprint density at radius 1 is 1.20 bits per heavy atom. The topological polar surface area (TPSA) is 45.5 Å². The van der Waals surface area contributed by atoms with E-state index in [1.54, 1.807) is 6.20 Å². The SMILES string of the molecule is CN=C(NCc1ccc(-n2cccn2)cc1)N1CC(C)(C)C1(C)C.I. The van der Waals surface area contributed by atoms with E-state index in [-0.39, 0.29) is 29.5 Å². The fraction of sp³-hybridized carbons (Fsp3) is 0.474. The zero-order valence-corrected chi connectivity index (χ0v) is 18.0. The molecule has 3 rings (SSSR count). The average Bonchev–Trinajstić information content (AvgIpc) is 3.09. The first-order valence-electron chi connectivity index (χ1n) is 8.42. The molecule has 0 unspecified atom stereocenters. The first-order chi connectivity index (χ1) is 11.3. The highest BCUT2D eigenvalue weighted by molar-refractivity contribution is 14.0. The summed E-state index contributed by atoms with van der Waals surface area (Å²) in [5.74, 6) is 0.968. The first-order valence-corrected chi connectivity index (χ1v) is 8.42. The smallest absolute Gasteiger partial charge is 0.194 e. The predicted octanol–water partition coefficient (Wildman–Crippen LogP) is 3.69. The Morgan fingerprint density at radius 3 is 2.36 bits per heavy atom. The van der Waals surface area contributed by atoms with E-state index in [1.807, 2.05) is 24.0 Å². The van der Waals surface area contributed by atoms with Crippen LogP contribution in [0.1, 0.15) is 33.3 Å². The van der Waals surface area contributed by atoms with Gasteiger partial charge in [-0.3, -0.25) is 4.99 Å². The van der Waals surface area contributed by atoms with Crippen molar-refractivity contribution in [2.24, 2.45) is 10.4 Å². The molecule has 2 aromatic rings. The fourth-order valence-electron chi connectivity index (χ4n) is 3.06. The third-order valence-corrected chi connectivity index (χ3v) is 5.51. The molecule has 136 valence electrons. The van der Waals surface area contributed by atoms with Crippen molar-refractivity contribution >= 4 is 29.9 Å². The van der Waals surface area contributed by atoms with Crippen molar-refractivity contribution in [2.75, 3.05) is 13.6 Å². The Hall–Kier alpha value is -1.57. The standard InChI is InChI=1S/C19H27N5.HI/c1-18(2)14-23(19(18,3)4)17(20-5)21-13-15-7-9-16(10-8-15)24-12-6-11-22-24;/h6-12H,13-14H2,1-5H3,(H,20,21);1H. The van der Waals surface area contributed by atoms with Gasteiger partial charge in [-0.15, -0.1) is 24.0 Å². The number of hydrogen-bond donors (Lipinski definition) is 1. The van der Waals surface area contributed by atoms with Crippen LogP contribution in [0.25, 0.3) is 5.69 Å². The van der Waals surface area contributed by atoms with Gasteiger partial charge in [0, 0.05) is 43.5 Å². The summed E-state index contributed by atoms with van der Waals surface area (Å²) < 4.78 is 1.86. The van der Waals surface area contributed by atoms with E-state index in [2.05, 4.69) is 72.3 Å². The summed E-state index contributed by atoms with van der Waals surface area (Å²) in [5.41, 5.74) is 2.71. The highest BCUT2D eigenvalue weighted by Crippen LogP contribution is 2.46. The zero-order valence-electron chi connectivity index (χ0n) is 15.7. The lowest BCUT2D eigenvalue weighted by atomic mass is 9.65. The molecule has 0 bridgehead atoms. The number of aliphatic imine (C=N–C) groups is 1. The predicted molar refractivity (Wildman–Crippen MR) is 114 cm³/mol. The van der Waals surface area contributed by atoms with E-state index in [9.17, 15) is 0 Å². The molecule has 0 atom stereocenters. The van der Waals surface area contributed by atoms with Gasteiger partial charge in [0.05, 0.1) is 5.69 Å². The number of hydrogen-bond acceptors (Lipinski definition) is 2. The van der Waals surface area contributed by atoms with Crippen molar-refractivity contribution in [1.29, 1.82) is 0 Å². The largest absolute Gasteiger partial charge is 0.352 e. The van der Waals surface area contributed by atoms with Crippen LogP contribution in [0.2, 0.25) is 0 Å². The highest BCUT2D eigenvalue weighted by atomic mass is 127. The van der Waals surface area contributed by atoms with Crippen LogP contribution in [0, 0.1) is 5.41 Å². The molecule has 1 aliphatic rings. The molecule has 0 radical (unpaired) electrons. The lowest BCUT2D eigenvalue weighted by Crippen LogP contribution is -2.72. The van der Waals surface area contributed by atoms with E-state index in [1.165, 1.54) is 5.56 Å². The fourth-order valence-corrected chi connectivity index (χ4v) is 3.06. The second-order valence-corrected chi connectivity index (χ2v) is 7.55. The molecule has 1 aromatic carbocycles. The van der Waals surface area contributed by atoms with E-state index in [0.717, 1.165) is 24.7 Å². The van der Waals surface area contributed by atoms with Gasteiger partial charge in [0.1, 0.15) is 0 Å². The van der Waals surface area contributed by atoms with Gasteiger partial charge >= 0.3 is 0 Å². The van der Waals surface area contributed by atoms with Gasteiger partial charge in [-0.2, -0.15) is 5.10 Å². The molecule has 1 N–H and O–H groups in total. The molecular weight excluding hydrogens is 425 g/mol. The maximum absolute atomic E-state index is 4.46. The van der Waals surface area contributed by atoms with Gasteiger partial charge < -0.3 is 10.2 Å². The quantitative estimate of drug-likeness (QED) is 0.438. The number of rotatable bonds is 3. The minimum Gasteiger partial charge on any atom is -0.352 e. The second kappa shape index (κ2) is 7.35. The summed E-state index contributed by atoms with van der Waals surface area (Å²) in [4.78, 5) is 6.81. The van der Waals surface area contributed by atoms with Crippen molar-refractivity contribution in [3.63, 3.8) is 0 Å². The lowest BCUT2D eigenvalue weighted by Gasteiger charge is -2.62. The van der Waals surface area contributed by atoms with E-state index in [0.29, 0.717) is 5.41 Å². The van der Waals surface area contributed by atoms with E-state index in [4.69, 9.17) is 0 Å². The van der Waals surface area contributed by atoms with Crippen LogP contribution >= 0.6 is 24.0 Å². The van der Waals surface area contributed by atoms with Crippen LogP contribution in [0.5, 0.6) is 0 Å². The monoisotopic (exact) mass is 453 g/mol. The average molecular weight is 453 g/mol. The zero-order chi connectivity index (χ0) is 17.4. The summed E-state index contributed by atoms with van der Waals surface area (Å²) in [7, 11) is 1.85. The molecular formula is C19H28IN5. The van der Waals surface area contributed by atoms with Crippen molar-refractivity contribution in [3.05, 3.63) is 48.3 Å². The third kappa shape index (κ3) is 3.68. The summed E-state index contributed by atoms with van der Waals surface area (Å²) in [6, 6.07) is 10.4. The van der Waals surface area contributed by atoms with Gasteiger partial charge in [0.25, 0.3) is 0 Å². The molecule has 6 heteroatoms. The number of halogens is 1. The molecule has 5 nitrogen and oxygen atoms in total. The number of benzene rings is 1. The Kier molecular flexibility index (Phi) is 5.81. The van der Waals surface area contributed by atoms with Crippen LogP contribution in [0.3, 0.4) is 0 Å². The molecule has 0 spiro atoms. The van der Waals surface area contributed by atoms with Gasteiger partial charge in [-0.25, -0.2) is 4.68 Å². The Balaban J connectivity index is 0.00000225. The number of nitrogens with one attached hydrogen (secondary N) is 1. The molecule has 1 aliphatic heterocycles. The Morgan fingerprint density at radius 2 is 1.88 bits per heavy atom. The van der Waals surface area contributed by atoms with Crippen LogP contribution in [-0.2, 0) is 6.54 Å². The number of likely N-dealkylation sites (tertiary alicyclic amines) is 1. The Labute approximate surface area is 167 Å². The van der Waals surface area contributed by atoms with Crippen molar-refractivity contribution in [1.82, 2.24) is 20.0 Å². The molecule has 0 saturated carbocycles. The van der Waals surface area contributed by atoms with E-state index >= 15 is 0 Å². The number of guanidine groups is 1. The van der Waals surface area contributed by atoms with Crippen molar-refractivity contribution in [3.8, 4) is 5.69 Å². The number of nitrogens with zero attached hydrogens (tertiary/aromatic N) is 4. The van der Waals surface area contributed by atoms with Crippen LogP contribution in [0.4, 0.5) is 0 Å². The van der Waals surface area contributed by atoms with Crippen molar-refractivity contribution < 1.29 is 0 Å². The third-order valence-electron chi connectivity index (χ3n) is 5.51. The minimum atomic E-state index is 0. The van der Waals surface area contributed by atoms with Crippen LogP contribution in [0.15, 0.2) is 47.7 Å². The van der Waals surface area contributed by atoms with Crippen LogP contribution in [-0.4, -0.2) is 39.8 Å². The normalized spacial score (nSPS) is 18.3. The summed E-state index contributed by atoms with van der Waals surface area (Å²) in [6.07, 6.45) is 3.73. The summed E-state index contributed by atoms with van der Waals surface area (Å²) >= 11 is 0. The lowest BCUT2D eigenvalue weighted by molar-refractivity contribution is -0.0667. The minimum absolute atomic E-state index is 0. The van der Waals surface area contributed by atoms with Gasteiger partial charge in [-0.05, 0) is 37.6 Å². The Bertz CT molecular complexity index is 717. The molecule has 1 aromatic heterocycles. The molecule has 2 heterocycles. The summed E-state index contributed by atoms with van der Waals surface area (Å²) in [6.45, 7) is 11.0. The molecule has 25 heavy (non-hydrogen) atoms. The van der Waals surface area contributed by atoms with Gasteiger partial charge in [0.15, 0.2) is 5.96 Å². The second-order valence-electron chi connectivity index (χ2n) is 7.55. The van der Waals surface area contributed by atoms with Gasteiger partial charge in [-0.1, -0.05) is 26.0 Å². The molecule has 1 saturated heterocycles. The van der Waals surface area contributed by atoms with Crippen LogP contribution < -0.4 is 5.32 Å². The number of aromatic nitrogens is 2. The maximum Gasteiger partial charge on any atom is 0.194 e. The van der Waals surface area contributed by atoms with Gasteiger partial charge in [0.2, 0.25) is 0 Å². The first kappa shape index (κ1) is 19.8. The maximum atomic E-state index is 4.46. The summed E-state index contributed by atoms with van der Waals surface area (Å²) in [5, 5.41) is 7.74. The van der Waals surface area contributed by atoms with Crippen molar-refractivity contribution in [2.45, 2.75) is 39.8 Å². The molecule has 0 aliphatic carbocycles. The van der Waals surface area contributed by atoms with E-state index < -0.39 is 0 Å². The molecule has 0 amide bonds.